The smallest absolute Gasteiger partial charge is 0.225 e. The van der Waals surface area contributed by atoms with Crippen LogP contribution in [0.15, 0.2) is 29.3 Å². The van der Waals surface area contributed by atoms with Crippen molar-refractivity contribution >= 4 is 35.8 Å². The molecule has 0 saturated carbocycles. The van der Waals surface area contributed by atoms with Crippen LogP contribution < -0.4 is 16.0 Å². The molecule has 0 saturated heterocycles. The molecule has 0 fully saturated rings. The molecule has 3 N–H and O–H groups in total. The van der Waals surface area contributed by atoms with Gasteiger partial charge in [-0.05, 0) is 24.6 Å². The fraction of sp³-hybridized carbons (Fsp3) is 0.529. The minimum absolute atomic E-state index is 0. The topological polar surface area (TPSA) is 65.5 Å². The second-order valence-electron chi connectivity index (χ2n) is 6.25. The standard InChI is InChI=1S/C17H27FN4O.HI/c1-5-19-16(21-11-10-20-15(23)17(2,3)4)22-12-13-6-8-14(18)9-7-13;/h6-9H,5,10-12H2,1-4H3,(H,20,23)(H2,19,21,22);1H. The number of rotatable bonds is 6. The van der Waals surface area contributed by atoms with E-state index in [-0.39, 0.29) is 41.1 Å². The minimum atomic E-state index is -0.388. The molecular weight excluding hydrogens is 422 g/mol. The summed E-state index contributed by atoms with van der Waals surface area (Å²) < 4.78 is 12.9. The number of carbonyl (C=O) groups excluding carboxylic acids is 1. The van der Waals surface area contributed by atoms with Crippen molar-refractivity contribution in [3.63, 3.8) is 0 Å². The van der Waals surface area contributed by atoms with E-state index in [0.29, 0.717) is 25.6 Å². The highest BCUT2D eigenvalue weighted by molar-refractivity contribution is 14.0. The van der Waals surface area contributed by atoms with E-state index in [4.69, 9.17) is 0 Å². The fourth-order valence-electron chi connectivity index (χ4n) is 1.72. The van der Waals surface area contributed by atoms with Gasteiger partial charge in [0.15, 0.2) is 5.96 Å². The van der Waals surface area contributed by atoms with Gasteiger partial charge in [-0.15, -0.1) is 24.0 Å². The zero-order chi connectivity index (χ0) is 17.3. The maximum atomic E-state index is 12.9. The number of amides is 1. The summed E-state index contributed by atoms with van der Waals surface area (Å²) in [6.07, 6.45) is 0. The Labute approximate surface area is 160 Å². The summed E-state index contributed by atoms with van der Waals surface area (Å²) in [5.74, 6) is 0.437. The predicted octanol–water partition coefficient (Wildman–Crippen LogP) is 2.66. The van der Waals surface area contributed by atoms with E-state index < -0.39 is 0 Å². The summed E-state index contributed by atoms with van der Waals surface area (Å²) in [6, 6.07) is 6.28. The molecule has 7 heteroatoms. The van der Waals surface area contributed by atoms with Crippen LogP contribution in [0.1, 0.15) is 33.3 Å². The van der Waals surface area contributed by atoms with Gasteiger partial charge in [0.2, 0.25) is 5.91 Å². The second kappa shape index (κ2) is 11.2. The van der Waals surface area contributed by atoms with Crippen LogP contribution in [0, 0.1) is 11.2 Å². The Morgan fingerprint density at radius 3 is 2.21 bits per heavy atom. The van der Waals surface area contributed by atoms with Crippen LogP contribution in [-0.2, 0) is 11.3 Å². The quantitative estimate of drug-likeness (QED) is 0.270. The SMILES string of the molecule is CCNC(=NCc1ccc(F)cc1)NCCNC(=O)C(C)(C)C.I. The summed E-state index contributed by atoms with van der Waals surface area (Å²) in [4.78, 5) is 16.2. The molecule has 1 amide bonds. The first kappa shape index (κ1) is 22.6. The molecule has 1 rings (SSSR count). The molecule has 1 aromatic rings. The Hall–Kier alpha value is -1.38. The molecule has 0 aliphatic rings. The highest BCUT2D eigenvalue weighted by Gasteiger charge is 2.20. The molecular formula is C17H28FIN4O. The maximum absolute atomic E-state index is 12.9. The third-order valence-corrected chi connectivity index (χ3v) is 3.06. The van der Waals surface area contributed by atoms with Crippen molar-refractivity contribution in [3.05, 3.63) is 35.6 Å². The number of aliphatic imine (C=N–C) groups is 1. The monoisotopic (exact) mass is 450 g/mol. The van der Waals surface area contributed by atoms with Gasteiger partial charge in [-0.1, -0.05) is 32.9 Å². The van der Waals surface area contributed by atoms with Crippen molar-refractivity contribution in [2.45, 2.75) is 34.2 Å². The first-order chi connectivity index (χ1) is 10.8. The van der Waals surface area contributed by atoms with Crippen molar-refractivity contribution in [2.75, 3.05) is 19.6 Å². The van der Waals surface area contributed by atoms with E-state index in [1.807, 2.05) is 27.7 Å². The van der Waals surface area contributed by atoms with E-state index in [0.717, 1.165) is 12.1 Å². The number of guanidine groups is 1. The van der Waals surface area contributed by atoms with E-state index in [2.05, 4.69) is 20.9 Å². The Kier molecular flexibility index (Phi) is 10.6. The number of nitrogens with zero attached hydrogens (tertiary/aromatic N) is 1. The first-order valence-corrected chi connectivity index (χ1v) is 7.88. The third kappa shape index (κ3) is 9.05. The number of nitrogens with one attached hydrogen (secondary N) is 3. The largest absolute Gasteiger partial charge is 0.357 e. The predicted molar refractivity (Wildman–Crippen MR) is 107 cm³/mol. The van der Waals surface area contributed by atoms with Crippen molar-refractivity contribution < 1.29 is 9.18 Å². The molecule has 0 aliphatic carbocycles. The number of carbonyl (C=O) groups is 1. The number of hydrogen-bond acceptors (Lipinski definition) is 2. The molecule has 0 aliphatic heterocycles. The molecule has 5 nitrogen and oxygen atoms in total. The molecule has 1 aromatic carbocycles. The number of halogens is 2. The van der Waals surface area contributed by atoms with Gasteiger partial charge in [0.25, 0.3) is 0 Å². The summed E-state index contributed by atoms with van der Waals surface area (Å²) in [6.45, 7) is 9.93. The summed E-state index contributed by atoms with van der Waals surface area (Å²) in [7, 11) is 0. The Morgan fingerprint density at radius 2 is 1.67 bits per heavy atom. The second-order valence-corrected chi connectivity index (χ2v) is 6.25. The van der Waals surface area contributed by atoms with Gasteiger partial charge in [-0.3, -0.25) is 4.79 Å². The molecule has 136 valence electrons. The Morgan fingerprint density at radius 1 is 1.08 bits per heavy atom. The van der Waals surface area contributed by atoms with Gasteiger partial charge in [0, 0.05) is 25.0 Å². The van der Waals surface area contributed by atoms with Gasteiger partial charge in [0.05, 0.1) is 6.54 Å². The van der Waals surface area contributed by atoms with Gasteiger partial charge in [0.1, 0.15) is 5.82 Å². The summed E-state index contributed by atoms with van der Waals surface area (Å²) in [5, 5.41) is 9.17. The lowest BCUT2D eigenvalue weighted by molar-refractivity contribution is -0.128. The van der Waals surface area contributed by atoms with E-state index in [1.165, 1.54) is 12.1 Å². The molecule has 0 bridgehead atoms. The van der Waals surface area contributed by atoms with Crippen LogP contribution in [0.25, 0.3) is 0 Å². The van der Waals surface area contributed by atoms with Crippen LogP contribution in [0.4, 0.5) is 4.39 Å². The van der Waals surface area contributed by atoms with Crippen LogP contribution >= 0.6 is 24.0 Å². The molecule has 0 unspecified atom stereocenters. The maximum Gasteiger partial charge on any atom is 0.225 e. The van der Waals surface area contributed by atoms with Crippen LogP contribution in [0.2, 0.25) is 0 Å². The van der Waals surface area contributed by atoms with E-state index >= 15 is 0 Å². The molecule has 24 heavy (non-hydrogen) atoms. The molecule has 0 spiro atoms. The van der Waals surface area contributed by atoms with Gasteiger partial charge >= 0.3 is 0 Å². The highest BCUT2D eigenvalue weighted by Crippen LogP contribution is 2.11. The fourth-order valence-corrected chi connectivity index (χ4v) is 1.72. The third-order valence-electron chi connectivity index (χ3n) is 3.06. The normalized spacial score (nSPS) is 11.5. The van der Waals surface area contributed by atoms with E-state index in [1.54, 1.807) is 12.1 Å². The molecule has 0 radical (unpaired) electrons. The van der Waals surface area contributed by atoms with Crippen molar-refractivity contribution in [1.82, 2.24) is 16.0 Å². The van der Waals surface area contributed by atoms with Crippen molar-refractivity contribution in [1.29, 1.82) is 0 Å². The van der Waals surface area contributed by atoms with Crippen molar-refractivity contribution in [2.24, 2.45) is 10.4 Å². The molecule has 0 atom stereocenters. The number of hydrogen-bond donors (Lipinski definition) is 3. The van der Waals surface area contributed by atoms with Crippen molar-refractivity contribution in [3.8, 4) is 0 Å². The van der Waals surface area contributed by atoms with Crippen LogP contribution in [0.3, 0.4) is 0 Å². The lowest BCUT2D eigenvalue weighted by Crippen LogP contribution is -2.43. The van der Waals surface area contributed by atoms with Gasteiger partial charge < -0.3 is 16.0 Å². The zero-order valence-electron chi connectivity index (χ0n) is 14.8. The average molecular weight is 450 g/mol. The van der Waals surface area contributed by atoms with Gasteiger partial charge in [-0.2, -0.15) is 0 Å². The number of benzene rings is 1. The molecule has 0 heterocycles. The first-order valence-electron chi connectivity index (χ1n) is 7.88. The minimum Gasteiger partial charge on any atom is -0.357 e. The molecule has 0 aromatic heterocycles. The summed E-state index contributed by atoms with van der Waals surface area (Å²) in [5.41, 5.74) is 0.547. The van der Waals surface area contributed by atoms with Crippen LogP contribution in [-0.4, -0.2) is 31.5 Å². The lowest BCUT2D eigenvalue weighted by Gasteiger charge is -2.18. The Bertz CT molecular complexity index is 526. The highest BCUT2D eigenvalue weighted by atomic mass is 127. The zero-order valence-corrected chi connectivity index (χ0v) is 17.1. The lowest BCUT2D eigenvalue weighted by atomic mass is 9.96. The van der Waals surface area contributed by atoms with E-state index in [9.17, 15) is 9.18 Å². The van der Waals surface area contributed by atoms with Crippen LogP contribution in [0.5, 0.6) is 0 Å². The summed E-state index contributed by atoms with van der Waals surface area (Å²) >= 11 is 0. The van der Waals surface area contributed by atoms with Gasteiger partial charge in [-0.25, -0.2) is 9.38 Å². The Balaban J connectivity index is 0.00000529. The average Bonchev–Trinajstić information content (AvgIpc) is 2.49.